The highest BCUT2D eigenvalue weighted by Crippen LogP contribution is 2.28. The van der Waals surface area contributed by atoms with E-state index < -0.39 is 0 Å². The minimum Gasteiger partial charge on any atom is -0.497 e. The maximum atomic E-state index is 6.29. The number of methoxy groups -OCH3 is 2. The molecule has 0 saturated carbocycles. The Bertz CT molecular complexity index is 957. The first-order valence-corrected chi connectivity index (χ1v) is 12.3. The van der Waals surface area contributed by atoms with Gasteiger partial charge in [0.2, 0.25) is 0 Å². The van der Waals surface area contributed by atoms with Gasteiger partial charge in [0.1, 0.15) is 11.9 Å². The van der Waals surface area contributed by atoms with Crippen molar-refractivity contribution >= 4 is 11.8 Å². The molecule has 0 heterocycles. The van der Waals surface area contributed by atoms with Gasteiger partial charge in [0.15, 0.2) is 0 Å². The number of hydrogen-bond donors (Lipinski definition) is 0. The fourth-order valence-corrected chi connectivity index (χ4v) is 3.66. The lowest BCUT2D eigenvalue weighted by molar-refractivity contribution is 0.0306. The van der Waals surface area contributed by atoms with E-state index in [1.807, 2.05) is 62.4 Å². The smallest absolute Gasteiger partial charge is 0.118 e. The van der Waals surface area contributed by atoms with Gasteiger partial charge in [-0.25, -0.2) is 0 Å². The van der Waals surface area contributed by atoms with E-state index in [-0.39, 0.29) is 12.2 Å². The molecule has 0 radical (unpaired) electrons. The number of benzene rings is 2. The van der Waals surface area contributed by atoms with Crippen molar-refractivity contribution in [3.05, 3.63) is 71.8 Å². The standard InChI is InChI=1S/C29H34O3S/c1-24(2)32-29(26-18-20-27(31-4)21-19-26)25(14-8-5-6-12-22-30-3)15-11-13-23-33-28-16-9-7-10-17-28/h7,9-10,15-21,24,29H,5-6,12,22-23H2,1-4H3/b25-15+. The van der Waals surface area contributed by atoms with Crippen molar-refractivity contribution in [2.45, 2.75) is 50.2 Å². The largest absolute Gasteiger partial charge is 0.497 e. The Morgan fingerprint density at radius 1 is 0.970 bits per heavy atom. The minimum absolute atomic E-state index is 0.0469. The van der Waals surface area contributed by atoms with E-state index in [4.69, 9.17) is 14.2 Å². The topological polar surface area (TPSA) is 27.7 Å². The molecule has 0 spiro atoms. The molecule has 33 heavy (non-hydrogen) atoms. The van der Waals surface area contributed by atoms with E-state index in [1.54, 1.807) is 26.0 Å². The Morgan fingerprint density at radius 3 is 2.39 bits per heavy atom. The lowest BCUT2D eigenvalue weighted by Gasteiger charge is -2.21. The first-order chi connectivity index (χ1) is 16.1. The number of hydrogen-bond acceptors (Lipinski definition) is 4. The Morgan fingerprint density at radius 2 is 1.73 bits per heavy atom. The normalized spacial score (nSPS) is 11.8. The second-order valence-corrected chi connectivity index (χ2v) is 8.66. The van der Waals surface area contributed by atoms with Crippen LogP contribution >= 0.6 is 11.8 Å². The van der Waals surface area contributed by atoms with Gasteiger partial charge < -0.3 is 14.2 Å². The van der Waals surface area contributed by atoms with Crippen LogP contribution in [0.4, 0.5) is 0 Å². The van der Waals surface area contributed by atoms with Crippen molar-refractivity contribution in [1.29, 1.82) is 0 Å². The summed E-state index contributed by atoms with van der Waals surface area (Å²) in [6, 6.07) is 18.2. The molecule has 0 aliphatic rings. The number of rotatable bonds is 11. The van der Waals surface area contributed by atoms with Crippen LogP contribution in [0.5, 0.6) is 5.75 Å². The SMILES string of the molecule is COCCCCC#C/C(=C\C#CCSc1ccccc1)C(OC(C)C)c1ccc(OC)cc1. The van der Waals surface area contributed by atoms with Crippen molar-refractivity contribution in [3.63, 3.8) is 0 Å². The highest BCUT2D eigenvalue weighted by atomic mass is 32.2. The predicted octanol–water partition coefficient (Wildman–Crippen LogP) is 6.70. The van der Waals surface area contributed by atoms with E-state index >= 15 is 0 Å². The van der Waals surface area contributed by atoms with E-state index in [0.29, 0.717) is 0 Å². The van der Waals surface area contributed by atoms with Gasteiger partial charge in [-0.15, -0.1) is 11.8 Å². The predicted molar refractivity (Wildman–Crippen MR) is 138 cm³/mol. The van der Waals surface area contributed by atoms with Crippen LogP contribution in [0.3, 0.4) is 0 Å². The summed E-state index contributed by atoms with van der Waals surface area (Å²) in [5.41, 5.74) is 1.91. The van der Waals surface area contributed by atoms with Crippen LogP contribution in [0.15, 0.2) is 71.1 Å². The van der Waals surface area contributed by atoms with Crippen LogP contribution in [0.2, 0.25) is 0 Å². The molecule has 2 rings (SSSR count). The molecule has 3 nitrogen and oxygen atoms in total. The monoisotopic (exact) mass is 462 g/mol. The fraction of sp³-hybridized carbons (Fsp3) is 0.379. The Balaban J connectivity index is 2.22. The van der Waals surface area contributed by atoms with Crippen LogP contribution in [0.25, 0.3) is 0 Å². The van der Waals surface area contributed by atoms with Gasteiger partial charge in [0.05, 0.1) is 19.0 Å². The van der Waals surface area contributed by atoms with Gasteiger partial charge in [-0.3, -0.25) is 0 Å². The average Bonchev–Trinajstić information content (AvgIpc) is 2.84. The van der Waals surface area contributed by atoms with Crippen LogP contribution in [0, 0.1) is 23.7 Å². The Kier molecular flexibility index (Phi) is 13.0. The highest BCUT2D eigenvalue weighted by molar-refractivity contribution is 7.99. The summed E-state index contributed by atoms with van der Waals surface area (Å²) in [5.74, 6) is 14.6. The van der Waals surface area contributed by atoms with Gasteiger partial charge in [-0.1, -0.05) is 54.0 Å². The summed E-state index contributed by atoms with van der Waals surface area (Å²) in [6.07, 6.45) is 4.50. The van der Waals surface area contributed by atoms with Gasteiger partial charge in [-0.05, 0) is 56.5 Å². The van der Waals surface area contributed by atoms with Crippen LogP contribution in [-0.4, -0.2) is 32.7 Å². The van der Waals surface area contributed by atoms with Crippen molar-refractivity contribution in [2.24, 2.45) is 0 Å². The molecule has 1 unspecified atom stereocenters. The first-order valence-electron chi connectivity index (χ1n) is 11.3. The van der Waals surface area contributed by atoms with E-state index in [2.05, 4.69) is 35.8 Å². The molecule has 0 saturated heterocycles. The molecular formula is C29H34O3S. The molecule has 0 aromatic heterocycles. The zero-order valence-corrected chi connectivity index (χ0v) is 20.9. The molecule has 1 atom stereocenters. The van der Waals surface area contributed by atoms with Gasteiger partial charge in [0, 0.05) is 36.7 Å². The molecule has 0 aliphatic heterocycles. The summed E-state index contributed by atoms with van der Waals surface area (Å²) in [4.78, 5) is 1.21. The van der Waals surface area contributed by atoms with Gasteiger partial charge in [-0.2, -0.15) is 0 Å². The van der Waals surface area contributed by atoms with Crippen LogP contribution in [0.1, 0.15) is 44.8 Å². The average molecular weight is 463 g/mol. The van der Waals surface area contributed by atoms with E-state index in [0.717, 1.165) is 48.5 Å². The Hall–Kier alpha value is -2.63. The first kappa shape index (κ1) is 26.6. The van der Waals surface area contributed by atoms with Gasteiger partial charge >= 0.3 is 0 Å². The molecule has 4 heteroatoms. The number of thioether (sulfide) groups is 1. The zero-order valence-electron chi connectivity index (χ0n) is 20.1. The van der Waals surface area contributed by atoms with E-state index in [9.17, 15) is 0 Å². The third kappa shape index (κ3) is 10.7. The molecule has 0 bridgehead atoms. The van der Waals surface area contributed by atoms with Gasteiger partial charge in [0.25, 0.3) is 0 Å². The summed E-state index contributed by atoms with van der Waals surface area (Å²) in [6.45, 7) is 4.84. The number of ether oxygens (including phenoxy) is 3. The second-order valence-electron chi connectivity index (χ2n) is 7.61. The molecule has 0 aliphatic carbocycles. The number of allylic oxidation sites excluding steroid dienone is 1. The molecule has 0 N–H and O–H groups in total. The lowest BCUT2D eigenvalue weighted by atomic mass is 10.0. The molecule has 174 valence electrons. The molecule has 0 amide bonds. The molecule has 2 aromatic rings. The summed E-state index contributed by atoms with van der Waals surface area (Å²) in [5, 5.41) is 0. The molecular weight excluding hydrogens is 428 g/mol. The quantitative estimate of drug-likeness (QED) is 0.211. The fourth-order valence-electron chi connectivity index (χ4n) is 2.99. The summed E-state index contributed by atoms with van der Waals surface area (Å²) >= 11 is 1.72. The maximum Gasteiger partial charge on any atom is 0.118 e. The van der Waals surface area contributed by atoms with Crippen LogP contribution < -0.4 is 4.74 Å². The summed E-state index contributed by atoms with van der Waals surface area (Å²) < 4.78 is 16.7. The molecule has 2 aromatic carbocycles. The highest BCUT2D eigenvalue weighted by Gasteiger charge is 2.18. The third-order valence-electron chi connectivity index (χ3n) is 4.63. The van der Waals surface area contributed by atoms with Crippen molar-refractivity contribution in [1.82, 2.24) is 0 Å². The van der Waals surface area contributed by atoms with E-state index in [1.165, 1.54) is 4.90 Å². The van der Waals surface area contributed by atoms with Crippen molar-refractivity contribution < 1.29 is 14.2 Å². The van der Waals surface area contributed by atoms with Crippen molar-refractivity contribution in [2.75, 3.05) is 26.6 Å². The third-order valence-corrected chi connectivity index (χ3v) is 5.52. The Labute approximate surface area is 203 Å². The lowest BCUT2D eigenvalue weighted by Crippen LogP contribution is -2.12. The number of unbranched alkanes of at least 4 members (excludes halogenated alkanes) is 2. The molecule has 0 fully saturated rings. The minimum atomic E-state index is -0.279. The zero-order chi connectivity index (χ0) is 23.7. The summed E-state index contributed by atoms with van der Waals surface area (Å²) in [7, 11) is 3.39. The second kappa shape index (κ2) is 16.1. The maximum absolute atomic E-state index is 6.29. The van der Waals surface area contributed by atoms with Crippen molar-refractivity contribution in [3.8, 4) is 29.4 Å². The van der Waals surface area contributed by atoms with Crippen LogP contribution in [-0.2, 0) is 9.47 Å².